The fourth-order valence-corrected chi connectivity index (χ4v) is 2.61. The Hall–Kier alpha value is -2.80. The molecule has 0 unspecified atom stereocenters. The van der Waals surface area contributed by atoms with Gasteiger partial charge in [-0.2, -0.15) is 0 Å². The molecule has 1 heterocycles. The molecule has 5 nitrogen and oxygen atoms in total. The van der Waals surface area contributed by atoms with Gasteiger partial charge in [-0.15, -0.1) is 0 Å². The minimum atomic E-state index is -1.17. The number of morpholine rings is 1. The van der Waals surface area contributed by atoms with E-state index in [0.29, 0.717) is 38.1 Å². The van der Waals surface area contributed by atoms with E-state index in [2.05, 4.69) is 5.32 Å². The van der Waals surface area contributed by atoms with E-state index in [-0.39, 0.29) is 5.56 Å². The molecule has 7 heteroatoms. The summed E-state index contributed by atoms with van der Waals surface area (Å²) in [6, 6.07) is 9.69. The van der Waals surface area contributed by atoms with Crippen molar-refractivity contribution in [3.05, 3.63) is 59.7 Å². The zero-order valence-corrected chi connectivity index (χ0v) is 13.3. The normalized spacial score (nSPS) is 14.2. The summed E-state index contributed by atoms with van der Waals surface area (Å²) < 4.78 is 31.5. The van der Waals surface area contributed by atoms with Gasteiger partial charge in [0.05, 0.1) is 24.6 Å². The van der Waals surface area contributed by atoms with Gasteiger partial charge in [-0.3, -0.25) is 9.59 Å². The summed E-state index contributed by atoms with van der Waals surface area (Å²) in [5.41, 5.74) is 1.04. The van der Waals surface area contributed by atoms with Crippen LogP contribution in [0.15, 0.2) is 42.5 Å². The van der Waals surface area contributed by atoms with Gasteiger partial charge in [0.2, 0.25) is 0 Å². The number of amides is 1. The molecular weight excluding hydrogens is 330 g/mol. The molecule has 2 aromatic carbocycles. The largest absolute Gasteiger partial charge is 0.378 e. The Morgan fingerprint density at radius 3 is 2.44 bits per heavy atom. The third-order valence-corrected chi connectivity index (χ3v) is 3.89. The molecule has 0 aromatic heterocycles. The van der Waals surface area contributed by atoms with Gasteiger partial charge in [-0.05, 0) is 30.3 Å². The number of para-hydroxylation sites is 2. The summed E-state index contributed by atoms with van der Waals surface area (Å²) in [4.78, 5) is 26.4. The van der Waals surface area contributed by atoms with Crippen molar-refractivity contribution >= 4 is 23.1 Å². The van der Waals surface area contributed by atoms with Crippen molar-refractivity contribution in [1.82, 2.24) is 0 Å². The van der Waals surface area contributed by atoms with Gasteiger partial charge < -0.3 is 15.0 Å². The third-order valence-electron chi connectivity index (χ3n) is 3.89. The second kappa shape index (κ2) is 7.40. The quantitative estimate of drug-likeness (QED) is 0.683. The summed E-state index contributed by atoms with van der Waals surface area (Å²) in [6.45, 7) is 2.50. The number of anilines is 2. The lowest BCUT2D eigenvalue weighted by atomic mass is 10.1. The number of nitrogens with one attached hydrogen (secondary N) is 1. The molecule has 1 saturated heterocycles. The minimum Gasteiger partial charge on any atom is -0.378 e. The van der Waals surface area contributed by atoms with Gasteiger partial charge in [-0.25, -0.2) is 8.78 Å². The number of carbonyl (C=O) groups is 2. The molecule has 0 atom stereocenters. The SMILES string of the molecule is O=C(Nc1ccccc1N1CCOCC1)C(=O)c1ccc(F)c(F)c1. The smallest absolute Gasteiger partial charge is 0.296 e. The Kier molecular flexibility index (Phi) is 5.04. The summed E-state index contributed by atoms with van der Waals surface area (Å²) in [7, 11) is 0. The van der Waals surface area contributed by atoms with Crippen LogP contribution in [-0.4, -0.2) is 38.0 Å². The first-order chi connectivity index (χ1) is 12.1. The van der Waals surface area contributed by atoms with E-state index in [4.69, 9.17) is 4.74 Å². The van der Waals surface area contributed by atoms with Crippen molar-refractivity contribution in [2.45, 2.75) is 0 Å². The van der Waals surface area contributed by atoms with E-state index >= 15 is 0 Å². The van der Waals surface area contributed by atoms with Crippen molar-refractivity contribution in [2.24, 2.45) is 0 Å². The lowest BCUT2D eigenvalue weighted by molar-refractivity contribution is -0.112. The van der Waals surface area contributed by atoms with E-state index < -0.39 is 23.3 Å². The molecule has 3 rings (SSSR count). The average Bonchev–Trinajstić information content (AvgIpc) is 2.64. The van der Waals surface area contributed by atoms with Crippen LogP contribution in [0.1, 0.15) is 10.4 Å². The van der Waals surface area contributed by atoms with Crippen molar-refractivity contribution in [2.75, 3.05) is 36.5 Å². The number of benzene rings is 2. The lowest BCUT2D eigenvalue weighted by Gasteiger charge is -2.30. The van der Waals surface area contributed by atoms with Crippen LogP contribution in [0.5, 0.6) is 0 Å². The fourth-order valence-electron chi connectivity index (χ4n) is 2.61. The average molecular weight is 346 g/mol. The highest BCUT2D eigenvalue weighted by Gasteiger charge is 2.21. The van der Waals surface area contributed by atoms with Gasteiger partial charge in [0.1, 0.15) is 0 Å². The zero-order chi connectivity index (χ0) is 17.8. The topological polar surface area (TPSA) is 58.6 Å². The predicted octanol–water partition coefficient (Wildman–Crippen LogP) is 2.62. The maximum absolute atomic E-state index is 13.3. The second-order valence-corrected chi connectivity index (χ2v) is 5.53. The Morgan fingerprint density at radius 1 is 1.00 bits per heavy atom. The number of rotatable bonds is 4. The summed E-state index contributed by atoms with van der Waals surface area (Å²) in [6.07, 6.45) is 0. The molecule has 25 heavy (non-hydrogen) atoms. The molecule has 0 saturated carbocycles. The number of hydrogen-bond acceptors (Lipinski definition) is 4. The third kappa shape index (κ3) is 3.83. The maximum Gasteiger partial charge on any atom is 0.296 e. The van der Waals surface area contributed by atoms with Crippen molar-refractivity contribution in [1.29, 1.82) is 0 Å². The van der Waals surface area contributed by atoms with E-state index in [0.717, 1.165) is 17.8 Å². The molecule has 130 valence electrons. The van der Waals surface area contributed by atoms with Crippen LogP contribution in [0.4, 0.5) is 20.2 Å². The first kappa shape index (κ1) is 17.0. The highest BCUT2D eigenvalue weighted by molar-refractivity contribution is 6.46. The lowest BCUT2D eigenvalue weighted by Crippen LogP contribution is -2.37. The van der Waals surface area contributed by atoms with E-state index in [9.17, 15) is 18.4 Å². The number of ketones is 1. The zero-order valence-electron chi connectivity index (χ0n) is 13.3. The van der Waals surface area contributed by atoms with Crippen LogP contribution < -0.4 is 10.2 Å². The first-order valence-electron chi connectivity index (χ1n) is 7.79. The Bertz CT molecular complexity index is 805. The molecular formula is C18H16F2N2O3. The Balaban J connectivity index is 1.78. The first-order valence-corrected chi connectivity index (χ1v) is 7.79. The highest BCUT2D eigenvalue weighted by Crippen LogP contribution is 2.26. The van der Waals surface area contributed by atoms with Crippen LogP contribution in [0.2, 0.25) is 0 Å². The molecule has 0 spiro atoms. The number of ether oxygens (including phenoxy) is 1. The second-order valence-electron chi connectivity index (χ2n) is 5.53. The number of carbonyl (C=O) groups excluding carboxylic acids is 2. The highest BCUT2D eigenvalue weighted by atomic mass is 19.2. The van der Waals surface area contributed by atoms with Crippen LogP contribution in [0.3, 0.4) is 0 Å². The molecule has 1 aliphatic heterocycles. The molecule has 0 radical (unpaired) electrons. The Morgan fingerprint density at radius 2 is 1.72 bits per heavy atom. The summed E-state index contributed by atoms with van der Waals surface area (Å²) in [5, 5.41) is 2.55. The maximum atomic E-state index is 13.3. The van der Waals surface area contributed by atoms with Crippen molar-refractivity contribution in [3.63, 3.8) is 0 Å². The minimum absolute atomic E-state index is 0.208. The van der Waals surface area contributed by atoms with E-state index in [1.165, 1.54) is 0 Å². The predicted molar refractivity (Wildman–Crippen MR) is 88.8 cm³/mol. The molecule has 1 aliphatic rings. The Labute approximate surface area is 143 Å². The molecule has 1 fully saturated rings. The standard InChI is InChI=1S/C18H16F2N2O3/c19-13-6-5-12(11-14(13)20)17(23)18(24)21-15-3-1-2-4-16(15)22-7-9-25-10-8-22/h1-6,11H,7-10H2,(H,21,24). The van der Waals surface area contributed by atoms with Gasteiger partial charge >= 0.3 is 0 Å². The van der Waals surface area contributed by atoms with E-state index in [1.54, 1.807) is 12.1 Å². The van der Waals surface area contributed by atoms with Gasteiger partial charge in [0, 0.05) is 18.7 Å². The van der Waals surface area contributed by atoms with Crippen LogP contribution in [0, 0.1) is 11.6 Å². The number of Topliss-reactive ketones (excluding diaryl/α,β-unsaturated/α-hetero) is 1. The molecule has 1 amide bonds. The number of hydrogen-bond donors (Lipinski definition) is 1. The number of halogens is 2. The van der Waals surface area contributed by atoms with Crippen molar-refractivity contribution in [3.8, 4) is 0 Å². The van der Waals surface area contributed by atoms with Gasteiger partial charge in [0.15, 0.2) is 11.6 Å². The van der Waals surface area contributed by atoms with Crippen molar-refractivity contribution < 1.29 is 23.1 Å². The van der Waals surface area contributed by atoms with Gasteiger partial charge in [0.25, 0.3) is 11.7 Å². The van der Waals surface area contributed by atoms with Crippen LogP contribution in [0.25, 0.3) is 0 Å². The fraction of sp³-hybridized carbons (Fsp3) is 0.222. The summed E-state index contributed by atoms with van der Waals surface area (Å²) in [5.74, 6) is -4.09. The van der Waals surface area contributed by atoms with Gasteiger partial charge in [-0.1, -0.05) is 12.1 Å². The molecule has 1 N–H and O–H groups in total. The molecule has 0 aliphatic carbocycles. The molecule has 2 aromatic rings. The monoisotopic (exact) mass is 346 g/mol. The van der Waals surface area contributed by atoms with Crippen LogP contribution >= 0.6 is 0 Å². The summed E-state index contributed by atoms with van der Waals surface area (Å²) >= 11 is 0. The molecule has 0 bridgehead atoms. The van der Waals surface area contributed by atoms with E-state index in [1.807, 2.05) is 17.0 Å². The number of nitrogens with zero attached hydrogens (tertiary/aromatic N) is 1. The van der Waals surface area contributed by atoms with Crippen LogP contribution in [-0.2, 0) is 9.53 Å².